The zero-order valence-electron chi connectivity index (χ0n) is 8.43. The number of allylic oxidation sites excluding steroid dienone is 1. The number of rotatable bonds is 3. The summed E-state index contributed by atoms with van der Waals surface area (Å²) in [5.41, 5.74) is 0. The lowest BCUT2D eigenvalue weighted by Gasteiger charge is -2.26. The van der Waals surface area contributed by atoms with Crippen LogP contribution in [0.3, 0.4) is 0 Å². The van der Waals surface area contributed by atoms with E-state index in [2.05, 4.69) is 0 Å². The Labute approximate surface area is 83.5 Å². The highest BCUT2D eigenvalue weighted by atomic mass is 16.5. The summed E-state index contributed by atoms with van der Waals surface area (Å²) in [5.74, 6) is -0.0172. The number of hydrogen-bond donors (Lipinski definition) is 1. The summed E-state index contributed by atoms with van der Waals surface area (Å²) < 4.78 is 4.82. The Hall–Kier alpha value is -1.45. The van der Waals surface area contributed by atoms with E-state index in [0.717, 1.165) is 0 Å². The van der Waals surface area contributed by atoms with Gasteiger partial charge in [0.25, 0.3) is 0 Å². The molecular weight excluding hydrogens is 182 g/mol. The third kappa shape index (κ3) is 2.80. The van der Waals surface area contributed by atoms with Crippen LogP contribution in [0.5, 0.6) is 0 Å². The first-order valence-electron chi connectivity index (χ1n) is 4.64. The molecule has 0 spiro atoms. The first-order valence-corrected chi connectivity index (χ1v) is 4.64. The molecule has 0 radical (unpaired) electrons. The molecule has 1 N–H and O–H groups in total. The molecule has 1 rings (SSSR count). The maximum absolute atomic E-state index is 11.2. The summed E-state index contributed by atoms with van der Waals surface area (Å²) in [5, 5.41) is 9.17. The fourth-order valence-corrected chi connectivity index (χ4v) is 1.26. The zero-order chi connectivity index (χ0) is 10.6. The molecule has 0 aromatic carbocycles. The van der Waals surface area contributed by atoms with Crippen molar-refractivity contribution in [1.82, 2.24) is 4.90 Å². The van der Waals surface area contributed by atoms with Crippen LogP contribution in [0.4, 0.5) is 0 Å². The molecule has 1 aliphatic rings. The van der Waals surface area contributed by atoms with E-state index in [1.54, 1.807) is 30.2 Å². The van der Waals surface area contributed by atoms with Crippen LogP contribution in [0.15, 0.2) is 24.1 Å². The highest BCUT2D eigenvalue weighted by Crippen LogP contribution is 2.11. The summed E-state index contributed by atoms with van der Waals surface area (Å²) in [7, 11) is 0. The van der Waals surface area contributed by atoms with Crippen LogP contribution in [0, 0.1) is 0 Å². The first kappa shape index (κ1) is 10.6. The number of aliphatic hydroxyl groups is 1. The van der Waals surface area contributed by atoms with E-state index in [1.807, 2.05) is 6.92 Å². The van der Waals surface area contributed by atoms with Gasteiger partial charge in [0.2, 0.25) is 0 Å². The van der Waals surface area contributed by atoms with Gasteiger partial charge in [-0.3, -0.25) is 4.79 Å². The van der Waals surface area contributed by atoms with Gasteiger partial charge in [0.1, 0.15) is 12.3 Å². The lowest BCUT2D eigenvalue weighted by molar-refractivity contribution is -0.144. The van der Waals surface area contributed by atoms with Gasteiger partial charge in [0, 0.05) is 12.2 Å². The predicted octanol–water partition coefficient (Wildman–Crippen LogP) is 1.21. The Kier molecular flexibility index (Phi) is 3.56. The van der Waals surface area contributed by atoms with E-state index in [1.165, 1.54) is 0 Å². The van der Waals surface area contributed by atoms with Gasteiger partial charge in [-0.25, -0.2) is 0 Å². The standard InChI is InChI=1S/C10H15NO3/c1-3-14-10(13)7-11-5-4-9(12)6-8(11)2/h4-6,8,12H,3,7H2,1-2H3. The average Bonchev–Trinajstić information content (AvgIpc) is 2.10. The number of esters is 1. The van der Waals surface area contributed by atoms with E-state index in [0.29, 0.717) is 6.61 Å². The van der Waals surface area contributed by atoms with Crippen LogP contribution in [0.25, 0.3) is 0 Å². The smallest absolute Gasteiger partial charge is 0.325 e. The molecule has 0 bridgehead atoms. The predicted molar refractivity (Wildman–Crippen MR) is 52.7 cm³/mol. The largest absolute Gasteiger partial charge is 0.508 e. The normalized spacial score (nSPS) is 20.6. The third-order valence-corrected chi connectivity index (χ3v) is 1.99. The van der Waals surface area contributed by atoms with Gasteiger partial charge in [-0.05, 0) is 26.0 Å². The molecule has 0 saturated heterocycles. The highest BCUT2D eigenvalue weighted by molar-refractivity contribution is 5.72. The first-order chi connectivity index (χ1) is 6.63. The molecule has 1 heterocycles. The zero-order valence-corrected chi connectivity index (χ0v) is 8.43. The van der Waals surface area contributed by atoms with Crippen LogP contribution in [-0.2, 0) is 9.53 Å². The van der Waals surface area contributed by atoms with Gasteiger partial charge in [-0.15, -0.1) is 0 Å². The van der Waals surface area contributed by atoms with Crippen LogP contribution in [0.1, 0.15) is 13.8 Å². The molecule has 1 atom stereocenters. The van der Waals surface area contributed by atoms with Crippen molar-refractivity contribution in [3.63, 3.8) is 0 Å². The van der Waals surface area contributed by atoms with E-state index in [4.69, 9.17) is 9.84 Å². The second kappa shape index (κ2) is 4.69. The summed E-state index contributed by atoms with van der Waals surface area (Å²) in [4.78, 5) is 13.0. The molecule has 4 nitrogen and oxygen atoms in total. The minimum atomic E-state index is -0.251. The van der Waals surface area contributed by atoms with Crippen molar-refractivity contribution >= 4 is 5.97 Å². The Morgan fingerprint density at radius 2 is 2.43 bits per heavy atom. The van der Waals surface area contributed by atoms with Crippen molar-refractivity contribution in [2.45, 2.75) is 19.9 Å². The number of carbonyl (C=O) groups excluding carboxylic acids is 1. The quantitative estimate of drug-likeness (QED) is 0.691. The number of ether oxygens (including phenoxy) is 1. The molecule has 0 aromatic heterocycles. The molecule has 4 heteroatoms. The number of nitrogens with zero attached hydrogens (tertiary/aromatic N) is 1. The summed E-state index contributed by atoms with van der Waals surface area (Å²) in [6.45, 7) is 4.29. The molecule has 0 fully saturated rings. The molecule has 0 aliphatic carbocycles. The van der Waals surface area contributed by atoms with Crippen molar-refractivity contribution < 1.29 is 14.6 Å². The SMILES string of the molecule is CCOC(=O)CN1C=CC(O)=CC1C. The lowest BCUT2D eigenvalue weighted by Crippen LogP contribution is -2.34. The van der Waals surface area contributed by atoms with E-state index in [-0.39, 0.29) is 24.3 Å². The second-order valence-corrected chi connectivity index (χ2v) is 3.13. The molecule has 1 aliphatic heterocycles. The third-order valence-electron chi connectivity index (χ3n) is 1.99. The summed E-state index contributed by atoms with van der Waals surface area (Å²) in [6.07, 6.45) is 4.93. The van der Waals surface area contributed by atoms with E-state index in [9.17, 15) is 4.79 Å². The molecule has 0 saturated carbocycles. The molecule has 78 valence electrons. The monoisotopic (exact) mass is 197 g/mol. The minimum Gasteiger partial charge on any atom is -0.508 e. The van der Waals surface area contributed by atoms with Gasteiger partial charge in [-0.2, -0.15) is 0 Å². The van der Waals surface area contributed by atoms with Gasteiger partial charge >= 0.3 is 5.97 Å². The van der Waals surface area contributed by atoms with E-state index >= 15 is 0 Å². The topological polar surface area (TPSA) is 49.8 Å². The number of hydrogen-bond acceptors (Lipinski definition) is 4. The molecule has 0 amide bonds. The average molecular weight is 197 g/mol. The van der Waals surface area contributed by atoms with Gasteiger partial charge < -0.3 is 14.7 Å². The van der Waals surface area contributed by atoms with Gasteiger partial charge in [0.15, 0.2) is 0 Å². The minimum absolute atomic E-state index is 0.0180. The summed E-state index contributed by atoms with van der Waals surface area (Å²) in [6, 6.07) is 0.0180. The van der Waals surface area contributed by atoms with Crippen LogP contribution in [-0.4, -0.2) is 35.2 Å². The molecule has 1 unspecified atom stereocenters. The molecule has 0 aromatic rings. The van der Waals surface area contributed by atoms with Crippen molar-refractivity contribution in [1.29, 1.82) is 0 Å². The van der Waals surface area contributed by atoms with Crippen molar-refractivity contribution in [3.05, 3.63) is 24.1 Å². The Morgan fingerprint density at radius 1 is 1.71 bits per heavy atom. The Bertz CT molecular complexity index is 271. The molecule has 14 heavy (non-hydrogen) atoms. The van der Waals surface area contributed by atoms with Crippen LogP contribution in [0.2, 0.25) is 0 Å². The maximum atomic E-state index is 11.2. The Morgan fingerprint density at radius 3 is 3.00 bits per heavy atom. The van der Waals surface area contributed by atoms with Crippen LogP contribution >= 0.6 is 0 Å². The van der Waals surface area contributed by atoms with Crippen molar-refractivity contribution in [2.24, 2.45) is 0 Å². The fraction of sp³-hybridized carbons (Fsp3) is 0.500. The van der Waals surface area contributed by atoms with Crippen LogP contribution < -0.4 is 0 Å². The van der Waals surface area contributed by atoms with Crippen molar-refractivity contribution in [3.8, 4) is 0 Å². The van der Waals surface area contributed by atoms with Crippen molar-refractivity contribution in [2.75, 3.05) is 13.2 Å². The lowest BCUT2D eigenvalue weighted by atomic mass is 10.2. The van der Waals surface area contributed by atoms with E-state index < -0.39 is 0 Å². The second-order valence-electron chi connectivity index (χ2n) is 3.13. The summed E-state index contributed by atoms with van der Waals surface area (Å²) >= 11 is 0. The molecular formula is C10H15NO3. The van der Waals surface area contributed by atoms with Gasteiger partial charge in [-0.1, -0.05) is 0 Å². The highest BCUT2D eigenvalue weighted by Gasteiger charge is 2.15. The number of carbonyl (C=O) groups is 1. The maximum Gasteiger partial charge on any atom is 0.325 e. The number of aliphatic hydroxyl groups excluding tert-OH is 1. The Balaban J connectivity index is 2.47. The fourth-order valence-electron chi connectivity index (χ4n) is 1.26. The van der Waals surface area contributed by atoms with Gasteiger partial charge in [0.05, 0.1) is 6.61 Å².